The van der Waals surface area contributed by atoms with Crippen LogP contribution in [-0.2, 0) is 6.54 Å². The molecule has 1 aliphatic heterocycles. The maximum absolute atomic E-state index is 13.7. The molecule has 2 rings (SSSR count). The first-order valence-electron chi connectivity index (χ1n) is 5.57. The van der Waals surface area contributed by atoms with E-state index in [9.17, 15) is 9.18 Å². The van der Waals surface area contributed by atoms with Crippen LogP contribution in [0.2, 0.25) is 0 Å². The van der Waals surface area contributed by atoms with Crippen molar-refractivity contribution in [3.05, 3.63) is 35.1 Å². The summed E-state index contributed by atoms with van der Waals surface area (Å²) in [5, 5.41) is 3.17. The summed E-state index contributed by atoms with van der Waals surface area (Å²) in [6.07, 6.45) is 0. The van der Waals surface area contributed by atoms with Crippen LogP contribution in [0.3, 0.4) is 0 Å². The highest BCUT2D eigenvalue weighted by Gasteiger charge is 2.22. The predicted molar refractivity (Wildman–Crippen MR) is 63.0 cm³/mol. The molecule has 1 heterocycles. The molecule has 0 unspecified atom stereocenters. The van der Waals surface area contributed by atoms with E-state index < -0.39 is 5.91 Å². The van der Waals surface area contributed by atoms with Crippen molar-refractivity contribution in [1.82, 2.24) is 10.2 Å². The van der Waals surface area contributed by atoms with Crippen LogP contribution in [0.5, 0.6) is 0 Å². The van der Waals surface area contributed by atoms with E-state index in [0.29, 0.717) is 18.2 Å². The van der Waals surface area contributed by atoms with Crippen molar-refractivity contribution >= 4 is 5.91 Å². The fourth-order valence-corrected chi connectivity index (χ4v) is 1.81. The average Bonchev–Trinajstić information content (AvgIpc) is 2.18. The first-order valence-corrected chi connectivity index (χ1v) is 5.57. The Labute approximate surface area is 99.6 Å². The zero-order valence-corrected chi connectivity index (χ0v) is 9.74. The zero-order valence-electron chi connectivity index (χ0n) is 9.74. The number of carbonyl (C=O) groups is 1. The molecule has 92 valence electrons. The molecule has 4 nitrogen and oxygen atoms in total. The van der Waals surface area contributed by atoms with Gasteiger partial charge in [0, 0.05) is 36.8 Å². The van der Waals surface area contributed by atoms with Gasteiger partial charge in [-0.25, -0.2) is 4.39 Å². The van der Waals surface area contributed by atoms with Gasteiger partial charge in [-0.05, 0) is 19.2 Å². The summed E-state index contributed by atoms with van der Waals surface area (Å²) in [5.74, 6) is -0.979. The Kier molecular flexibility index (Phi) is 3.40. The van der Waals surface area contributed by atoms with Gasteiger partial charge in [0.15, 0.2) is 0 Å². The highest BCUT2D eigenvalue weighted by atomic mass is 19.1. The second-order valence-corrected chi connectivity index (χ2v) is 4.40. The molecule has 1 aromatic rings. The molecule has 1 fully saturated rings. The Morgan fingerprint density at radius 2 is 2.29 bits per heavy atom. The lowest BCUT2D eigenvalue weighted by atomic mass is 10.1. The number of amides is 1. The van der Waals surface area contributed by atoms with Crippen molar-refractivity contribution in [2.75, 3.05) is 20.1 Å². The minimum atomic E-state index is -0.605. The number of primary amides is 1. The third kappa shape index (κ3) is 2.62. The quantitative estimate of drug-likeness (QED) is 0.793. The molecule has 1 amide bonds. The summed E-state index contributed by atoms with van der Waals surface area (Å²) < 4.78 is 13.7. The number of halogens is 1. The third-order valence-electron chi connectivity index (χ3n) is 3.14. The lowest BCUT2D eigenvalue weighted by molar-refractivity contribution is 0.0999. The van der Waals surface area contributed by atoms with Gasteiger partial charge in [-0.1, -0.05) is 6.07 Å². The number of benzene rings is 1. The minimum Gasteiger partial charge on any atom is -0.366 e. The van der Waals surface area contributed by atoms with E-state index in [0.717, 1.165) is 13.1 Å². The van der Waals surface area contributed by atoms with Crippen LogP contribution in [0.15, 0.2) is 18.2 Å². The lowest BCUT2D eigenvalue weighted by Gasteiger charge is -2.35. The number of nitrogens with two attached hydrogens (primary N) is 1. The number of likely N-dealkylation sites (N-methyl/N-ethyl adjacent to an activating group) is 1. The van der Waals surface area contributed by atoms with Gasteiger partial charge in [0.1, 0.15) is 5.82 Å². The van der Waals surface area contributed by atoms with Crippen molar-refractivity contribution in [2.45, 2.75) is 12.6 Å². The topological polar surface area (TPSA) is 58.4 Å². The molecule has 0 bridgehead atoms. The number of nitrogens with one attached hydrogen (secondary N) is 1. The van der Waals surface area contributed by atoms with Crippen LogP contribution >= 0.6 is 0 Å². The average molecular weight is 237 g/mol. The second kappa shape index (κ2) is 4.81. The molecule has 1 aromatic carbocycles. The van der Waals surface area contributed by atoms with Crippen molar-refractivity contribution in [3.63, 3.8) is 0 Å². The van der Waals surface area contributed by atoms with Gasteiger partial charge in [0.2, 0.25) is 5.91 Å². The SMILES string of the molecule is CN(Cc1ccc(C(N)=O)cc1F)C1CNC1. The maximum atomic E-state index is 13.7. The van der Waals surface area contributed by atoms with E-state index in [-0.39, 0.29) is 11.4 Å². The number of hydrogen-bond donors (Lipinski definition) is 2. The highest BCUT2D eigenvalue weighted by molar-refractivity contribution is 5.92. The zero-order chi connectivity index (χ0) is 12.4. The lowest BCUT2D eigenvalue weighted by Crippen LogP contribution is -2.55. The van der Waals surface area contributed by atoms with E-state index in [1.807, 2.05) is 7.05 Å². The smallest absolute Gasteiger partial charge is 0.248 e. The van der Waals surface area contributed by atoms with Gasteiger partial charge in [-0.3, -0.25) is 9.69 Å². The Morgan fingerprint density at radius 1 is 1.59 bits per heavy atom. The Morgan fingerprint density at radius 3 is 2.76 bits per heavy atom. The first kappa shape index (κ1) is 12.0. The van der Waals surface area contributed by atoms with Gasteiger partial charge in [-0.15, -0.1) is 0 Å². The van der Waals surface area contributed by atoms with Gasteiger partial charge < -0.3 is 11.1 Å². The van der Waals surface area contributed by atoms with Gasteiger partial charge in [-0.2, -0.15) is 0 Å². The molecule has 0 aromatic heterocycles. The van der Waals surface area contributed by atoms with Crippen molar-refractivity contribution in [3.8, 4) is 0 Å². The van der Waals surface area contributed by atoms with E-state index in [1.54, 1.807) is 12.1 Å². The summed E-state index contributed by atoms with van der Waals surface area (Å²) in [6, 6.07) is 4.85. The molecule has 1 aliphatic rings. The number of nitrogens with zero attached hydrogens (tertiary/aromatic N) is 1. The molecule has 1 saturated heterocycles. The summed E-state index contributed by atoms with van der Waals surface area (Å²) in [5.41, 5.74) is 5.88. The fraction of sp³-hybridized carbons (Fsp3) is 0.417. The number of hydrogen-bond acceptors (Lipinski definition) is 3. The molecule has 5 heteroatoms. The molecule has 0 saturated carbocycles. The Balaban J connectivity index is 2.07. The second-order valence-electron chi connectivity index (χ2n) is 4.40. The molecule has 0 aliphatic carbocycles. The van der Waals surface area contributed by atoms with Crippen LogP contribution in [0.1, 0.15) is 15.9 Å². The number of rotatable bonds is 4. The maximum Gasteiger partial charge on any atom is 0.248 e. The Hall–Kier alpha value is -1.46. The summed E-state index contributed by atoms with van der Waals surface area (Å²) >= 11 is 0. The van der Waals surface area contributed by atoms with Gasteiger partial charge >= 0.3 is 0 Å². The van der Waals surface area contributed by atoms with Crippen LogP contribution in [-0.4, -0.2) is 37.0 Å². The van der Waals surface area contributed by atoms with Crippen LogP contribution in [0, 0.1) is 5.82 Å². The molecule has 0 spiro atoms. The largest absolute Gasteiger partial charge is 0.366 e. The molecule has 3 N–H and O–H groups in total. The van der Waals surface area contributed by atoms with E-state index >= 15 is 0 Å². The molecular formula is C12H16FN3O. The van der Waals surface area contributed by atoms with E-state index in [1.165, 1.54) is 6.07 Å². The number of carbonyl (C=O) groups excluding carboxylic acids is 1. The molecule has 0 atom stereocenters. The standard InChI is InChI=1S/C12H16FN3O/c1-16(10-5-15-6-10)7-9-3-2-8(12(14)17)4-11(9)13/h2-4,10,15H,5-7H2,1H3,(H2,14,17). The minimum absolute atomic E-state index is 0.208. The summed E-state index contributed by atoms with van der Waals surface area (Å²) in [7, 11) is 1.97. The monoisotopic (exact) mass is 237 g/mol. The molecule has 17 heavy (non-hydrogen) atoms. The summed E-state index contributed by atoms with van der Waals surface area (Å²) in [4.78, 5) is 13.0. The Bertz CT molecular complexity index is 432. The van der Waals surface area contributed by atoms with E-state index in [4.69, 9.17) is 5.73 Å². The van der Waals surface area contributed by atoms with Crippen LogP contribution in [0.25, 0.3) is 0 Å². The predicted octanol–water partition coefficient (Wildman–Crippen LogP) is 0.328. The normalized spacial score (nSPS) is 15.9. The van der Waals surface area contributed by atoms with Crippen LogP contribution < -0.4 is 11.1 Å². The molecular weight excluding hydrogens is 221 g/mol. The van der Waals surface area contributed by atoms with E-state index in [2.05, 4.69) is 10.2 Å². The molecule has 0 radical (unpaired) electrons. The van der Waals surface area contributed by atoms with Crippen LogP contribution in [0.4, 0.5) is 4.39 Å². The van der Waals surface area contributed by atoms with Gasteiger partial charge in [0.05, 0.1) is 0 Å². The van der Waals surface area contributed by atoms with Crippen molar-refractivity contribution in [2.24, 2.45) is 5.73 Å². The third-order valence-corrected chi connectivity index (χ3v) is 3.14. The first-order chi connectivity index (χ1) is 8.08. The van der Waals surface area contributed by atoms with Crippen molar-refractivity contribution in [1.29, 1.82) is 0 Å². The van der Waals surface area contributed by atoms with Gasteiger partial charge in [0.25, 0.3) is 0 Å². The van der Waals surface area contributed by atoms with Crippen molar-refractivity contribution < 1.29 is 9.18 Å². The fourth-order valence-electron chi connectivity index (χ4n) is 1.81. The highest BCUT2D eigenvalue weighted by Crippen LogP contribution is 2.14. The summed E-state index contributed by atoms with van der Waals surface area (Å²) in [6.45, 7) is 2.42.